The Labute approximate surface area is 132 Å². The Morgan fingerprint density at radius 1 is 1.12 bits per heavy atom. The molecular weight excluding hydrogens is 344 g/mol. The molecule has 10 heteroatoms. The van der Waals surface area contributed by atoms with E-state index < -0.39 is 36.0 Å². The first-order valence-electron chi connectivity index (χ1n) is 6.84. The van der Waals surface area contributed by atoms with Crippen LogP contribution in [0.3, 0.4) is 0 Å². The van der Waals surface area contributed by atoms with Gasteiger partial charge in [-0.15, -0.1) is 0 Å². The van der Waals surface area contributed by atoms with Gasteiger partial charge in [-0.2, -0.15) is 26.3 Å². The maximum absolute atomic E-state index is 12.9. The fourth-order valence-electron chi connectivity index (χ4n) is 2.72. The summed E-state index contributed by atoms with van der Waals surface area (Å²) in [4.78, 5) is 12.1. The molecule has 134 valence electrons. The van der Waals surface area contributed by atoms with Crippen LogP contribution in [0.1, 0.15) is 17.5 Å². The van der Waals surface area contributed by atoms with Gasteiger partial charge in [0.15, 0.2) is 0 Å². The van der Waals surface area contributed by atoms with E-state index in [2.05, 4.69) is 0 Å². The quantitative estimate of drug-likeness (QED) is 0.817. The fraction of sp³-hybridized carbons (Fsp3) is 0.500. The van der Waals surface area contributed by atoms with E-state index in [0.717, 1.165) is 6.07 Å². The minimum atomic E-state index is -5.95. The number of carboxylic acids is 1. The average Bonchev–Trinajstić information content (AvgIpc) is 2.43. The Hall–Kier alpha value is -1.97. The third-order valence-electron chi connectivity index (χ3n) is 3.86. The van der Waals surface area contributed by atoms with Gasteiger partial charge in [0, 0.05) is 17.8 Å². The molecule has 0 aliphatic carbocycles. The van der Waals surface area contributed by atoms with Crippen molar-refractivity contribution in [2.45, 2.75) is 30.8 Å². The zero-order valence-corrected chi connectivity index (χ0v) is 12.1. The average molecular weight is 357 g/mol. The summed E-state index contributed by atoms with van der Waals surface area (Å²) in [7, 11) is 0. The van der Waals surface area contributed by atoms with Gasteiger partial charge < -0.3 is 15.1 Å². The minimum absolute atomic E-state index is 0.131. The molecule has 1 aliphatic heterocycles. The van der Waals surface area contributed by atoms with Crippen molar-refractivity contribution in [3.63, 3.8) is 0 Å². The molecule has 0 amide bonds. The first-order chi connectivity index (χ1) is 10.9. The van der Waals surface area contributed by atoms with Gasteiger partial charge in [-0.1, -0.05) is 12.1 Å². The molecule has 1 aromatic rings. The van der Waals surface area contributed by atoms with Crippen LogP contribution in [0.25, 0.3) is 0 Å². The summed E-state index contributed by atoms with van der Waals surface area (Å²) < 4.78 is 77.5. The lowest BCUT2D eigenvalue weighted by atomic mass is 9.88. The summed E-state index contributed by atoms with van der Waals surface area (Å²) in [6, 6.07) is 2.15. The molecule has 0 unspecified atom stereocenters. The molecule has 0 bridgehead atoms. The summed E-state index contributed by atoms with van der Waals surface area (Å²) in [5, 5.41) is 18.2. The normalized spacial score (nSPS) is 16.0. The predicted octanol–water partition coefficient (Wildman–Crippen LogP) is 2.84. The standard InChI is InChI=1S/C14H13F6NO3/c15-13(16,17)12(24,14(18,19)20)9-3-4-10-8(6-9)2-1-5-21(10)7-11(22)23/h3-4,6,24H,1-2,5,7H2,(H,22,23). The second-order valence-electron chi connectivity index (χ2n) is 5.47. The van der Waals surface area contributed by atoms with Crippen molar-refractivity contribution in [3.05, 3.63) is 29.3 Å². The highest BCUT2D eigenvalue weighted by atomic mass is 19.4. The van der Waals surface area contributed by atoms with Crippen molar-refractivity contribution in [1.29, 1.82) is 0 Å². The molecule has 0 atom stereocenters. The number of benzene rings is 1. The van der Waals surface area contributed by atoms with Crippen LogP contribution in [-0.2, 0) is 16.8 Å². The van der Waals surface area contributed by atoms with E-state index in [1.165, 1.54) is 4.90 Å². The topological polar surface area (TPSA) is 60.8 Å². The number of aryl methyl sites for hydroxylation is 1. The number of aliphatic hydroxyl groups is 1. The van der Waals surface area contributed by atoms with Crippen LogP contribution >= 0.6 is 0 Å². The molecular formula is C14H13F6NO3. The summed E-state index contributed by atoms with van der Waals surface area (Å²) in [6.45, 7) is -0.101. The Morgan fingerprint density at radius 3 is 2.21 bits per heavy atom. The van der Waals surface area contributed by atoms with Crippen molar-refractivity contribution in [3.8, 4) is 0 Å². The lowest BCUT2D eigenvalue weighted by Gasteiger charge is -2.35. The number of nitrogens with zero attached hydrogens (tertiary/aromatic N) is 1. The number of alkyl halides is 6. The molecule has 1 aliphatic rings. The van der Waals surface area contributed by atoms with E-state index in [1.54, 1.807) is 0 Å². The number of halogens is 6. The zero-order valence-electron chi connectivity index (χ0n) is 12.1. The Morgan fingerprint density at radius 2 is 1.71 bits per heavy atom. The summed E-state index contributed by atoms with van der Waals surface area (Å²) in [5.74, 6) is -1.17. The van der Waals surface area contributed by atoms with E-state index in [9.17, 15) is 36.2 Å². The van der Waals surface area contributed by atoms with Gasteiger partial charge >= 0.3 is 18.3 Å². The van der Waals surface area contributed by atoms with Gasteiger partial charge in [0.1, 0.15) is 6.54 Å². The van der Waals surface area contributed by atoms with Crippen LogP contribution in [0.4, 0.5) is 32.0 Å². The van der Waals surface area contributed by atoms with Crippen molar-refractivity contribution >= 4 is 11.7 Å². The van der Waals surface area contributed by atoms with Crippen molar-refractivity contribution in [1.82, 2.24) is 0 Å². The Balaban J connectivity index is 2.52. The molecule has 1 heterocycles. The highest BCUT2D eigenvalue weighted by Gasteiger charge is 2.71. The van der Waals surface area contributed by atoms with Crippen LogP contribution in [-0.4, -0.2) is 41.6 Å². The largest absolute Gasteiger partial charge is 0.480 e. The minimum Gasteiger partial charge on any atom is -0.480 e. The zero-order chi connectivity index (χ0) is 18.3. The number of fused-ring (bicyclic) bond motifs is 1. The molecule has 0 saturated carbocycles. The van der Waals surface area contributed by atoms with Gasteiger partial charge in [-0.25, -0.2) is 0 Å². The van der Waals surface area contributed by atoms with Gasteiger partial charge in [0.25, 0.3) is 5.60 Å². The molecule has 0 radical (unpaired) electrons. The van der Waals surface area contributed by atoms with Gasteiger partial charge in [0.2, 0.25) is 0 Å². The van der Waals surface area contributed by atoms with E-state index in [4.69, 9.17) is 5.11 Å². The predicted molar refractivity (Wildman–Crippen MR) is 70.6 cm³/mol. The lowest BCUT2D eigenvalue weighted by Crippen LogP contribution is -2.54. The van der Waals surface area contributed by atoms with E-state index in [-0.39, 0.29) is 17.7 Å². The number of carbonyl (C=O) groups is 1. The molecule has 0 aromatic heterocycles. The number of rotatable bonds is 3. The van der Waals surface area contributed by atoms with Crippen LogP contribution < -0.4 is 4.90 Å². The summed E-state index contributed by atoms with van der Waals surface area (Å²) in [5.41, 5.74) is -5.94. The fourth-order valence-corrected chi connectivity index (χ4v) is 2.72. The second kappa shape index (κ2) is 5.83. The maximum Gasteiger partial charge on any atom is 0.430 e. The number of aliphatic carboxylic acids is 1. The molecule has 24 heavy (non-hydrogen) atoms. The third-order valence-corrected chi connectivity index (χ3v) is 3.86. The molecule has 0 saturated heterocycles. The summed E-state index contributed by atoms with van der Waals surface area (Å²) in [6.07, 6.45) is -11.3. The third kappa shape index (κ3) is 3.02. The second-order valence-corrected chi connectivity index (χ2v) is 5.47. The number of anilines is 1. The molecule has 2 rings (SSSR count). The SMILES string of the molecule is O=C(O)CN1CCCc2cc(C(O)(C(F)(F)F)C(F)(F)F)ccc21. The number of hydrogen-bond donors (Lipinski definition) is 2. The Bertz CT molecular complexity index is 626. The molecule has 1 aromatic carbocycles. The monoisotopic (exact) mass is 357 g/mol. The number of hydrogen-bond acceptors (Lipinski definition) is 3. The maximum atomic E-state index is 12.9. The van der Waals surface area contributed by atoms with Crippen LogP contribution in [0.5, 0.6) is 0 Å². The number of carboxylic acid groups (broad SMARTS) is 1. The van der Waals surface area contributed by atoms with Gasteiger partial charge in [-0.3, -0.25) is 4.79 Å². The van der Waals surface area contributed by atoms with Gasteiger partial charge in [0.05, 0.1) is 0 Å². The lowest BCUT2D eigenvalue weighted by molar-refractivity contribution is -0.376. The highest BCUT2D eigenvalue weighted by molar-refractivity contribution is 5.75. The van der Waals surface area contributed by atoms with Crippen molar-refractivity contribution in [2.75, 3.05) is 18.0 Å². The smallest absolute Gasteiger partial charge is 0.430 e. The van der Waals surface area contributed by atoms with E-state index in [0.29, 0.717) is 25.1 Å². The molecule has 0 fully saturated rings. The van der Waals surface area contributed by atoms with Crippen LogP contribution in [0.2, 0.25) is 0 Å². The highest BCUT2D eigenvalue weighted by Crippen LogP contribution is 2.50. The first-order valence-corrected chi connectivity index (χ1v) is 6.84. The van der Waals surface area contributed by atoms with Crippen molar-refractivity contribution in [2.24, 2.45) is 0 Å². The first kappa shape index (κ1) is 18.4. The Kier molecular flexibility index (Phi) is 4.47. The summed E-state index contributed by atoms with van der Waals surface area (Å²) >= 11 is 0. The molecule has 4 nitrogen and oxygen atoms in total. The van der Waals surface area contributed by atoms with Crippen molar-refractivity contribution < 1.29 is 41.4 Å². The van der Waals surface area contributed by atoms with Crippen LogP contribution in [0.15, 0.2) is 18.2 Å². The van der Waals surface area contributed by atoms with Crippen LogP contribution in [0, 0.1) is 0 Å². The molecule has 2 N–H and O–H groups in total. The van der Waals surface area contributed by atoms with Gasteiger partial charge in [-0.05, 0) is 24.5 Å². The molecule has 0 spiro atoms. The van der Waals surface area contributed by atoms with E-state index in [1.807, 2.05) is 0 Å². The van der Waals surface area contributed by atoms with E-state index >= 15 is 0 Å².